The van der Waals surface area contributed by atoms with E-state index in [2.05, 4.69) is 6.07 Å². The number of thiazole rings is 1. The molecule has 142 valence electrons. The van der Waals surface area contributed by atoms with E-state index in [1.807, 2.05) is 46.2 Å². The Morgan fingerprint density at radius 2 is 1.59 bits per heavy atom. The second-order valence-corrected chi connectivity index (χ2v) is 7.45. The molecule has 29 heavy (non-hydrogen) atoms. The van der Waals surface area contributed by atoms with Crippen LogP contribution in [0, 0.1) is 11.3 Å². The molecule has 4 heterocycles. The zero-order valence-electron chi connectivity index (χ0n) is 15.0. The molecule has 0 N–H and O–H groups in total. The van der Waals surface area contributed by atoms with Crippen molar-refractivity contribution in [2.45, 2.75) is 6.42 Å². The van der Waals surface area contributed by atoms with E-state index in [-0.39, 0.29) is 20.0 Å². The number of benzene rings is 2. The van der Waals surface area contributed by atoms with E-state index in [1.165, 1.54) is 11.3 Å². The molecule has 0 saturated heterocycles. The monoisotopic (exact) mass is 403 g/mol. The van der Waals surface area contributed by atoms with Crippen molar-refractivity contribution in [1.29, 1.82) is 5.26 Å². The third-order valence-corrected chi connectivity index (χ3v) is 5.85. The van der Waals surface area contributed by atoms with Crippen LogP contribution in [-0.2, 0) is 6.42 Å². The Labute approximate surface area is 169 Å². The van der Waals surface area contributed by atoms with E-state index < -0.39 is 0 Å². The number of aromatic nitrogens is 2. The van der Waals surface area contributed by atoms with Gasteiger partial charge in [-0.1, -0.05) is 0 Å². The Morgan fingerprint density at radius 1 is 0.931 bits per heavy atom. The molecule has 0 aliphatic carbocycles. The summed E-state index contributed by atoms with van der Waals surface area (Å²) in [5.74, 6) is 2.87. The molecule has 0 saturated carbocycles. The summed E-state index contributed by atoms with van der Waals surface area (Å²) in [5.41, 5.74) is 4.46. The van der Waals surface area contributed by atoms with E-state index in [9.17, 15) is 5.26 Å². The molecule has 2 aromatic carbocycles. The summed E-state index contributed by atoms with van der Waals surface area (Å²) in [6.45, 7) is 0.452. The average molecular weight is 403 g/mol. The highest BCUT2D eigenvalue weighted by Crippen LogP contribution is 2.40. The van der Waals surface area contributed by atoms with Crippen molar-refractivity contribution in [2.75, 3.05) is 13.6 Å². The van der Waals surface area contributed by atoms with Crippen LogP contribution in [0.2, 0.25) is 0 Å². The molecule has 0 radical (unpaired) electrons. The highest BCUT2D eigenvalue weighted by atomic mass is 32.1. The van der Waals surface area contributed by atoms with Crippen molar-refractivity contribution in [3.8, 4) is 51.6 Å². The van der Waals surface area contributed by atoms with Crippen molar-refractivity contribution < 1.29 is 18.9 Å². The summed E-state index contributed by atoms with van der Waals surface area (Å²) in [6.07, 6.45) is 0.235. The molecule has 0 atom stereocenters. The molecule has 0 fully saturated rings. The second kappa shape index (κ2) is 6.15. The molecule has 0 spiro atoms. The van der Waals surface area contributed by atoms with Crippen LogP contribution >= 0.6 is 11.3 Å². The first-order valence-electron chi connectivity index (χ1n) is 8.97. The highest BCUT2D eigenvalue weighted by molar-refractivity contribution is 7.15. The maximum Gasteiger partial charge on any atom is 0.231 e. The molecule has 6 rings (SSSR count). The van der Waals surface area contributed by atoms with E-state index in [4.69, 9.17) is 23.9 Å². The van der Waals surface area contributed by atoms with Gasteiger partial charge < -0.3 is 18.9 Å². The summed E-state index contributed by atoms with van der Waals surface area (Å²) < 4.78 is 23.9. The standard InChI is InChI=1S/C21H13N3O4S/c22-6-5-14-20(13-2-4-17-19(8-13)28-11-26-17)23-21-24(14)15(9-29-21)12-1-3-16-18(7-12)27-10-25-16/h1-4,7-9H,5,10-11H2. The van der Waals surface area contributed by atoms with Crippen LogP contribution in [0.5, 0.6) is 23.0 Å². The van der Waals surface area contributed by atoms with Gasteiger partial charge in [0.2, 0.25) is 13.6 Å². The van der Waals surface area contributed by atoms with Crippen LogP contribution < -0.4 is 18.9 Å². The first-order valence-corrected chi connectivity index (χ1v) is 9.85. The number of nitrogens with zero attached hydrogens (tertiary/aromatic N) is 3. The van der Waals surface area contributed by atoms with Crippen molar-refractivity contribution in [3.05, 3.63) is 47.5 Å². The van der Waals surface area contributed by atoms with Gasteiger partial charge in [0.25, 0.3) is 0 Å². The topological polar surface area (TPSA) is 78.0 Å². The highest BCUT2D eigenvalue weighted by Gasteiger charge is 2.22. The van der Waals surface area contributed by atoms with E-state index in [0.29, 0.717) is 5.75 Å². The van der Waals surface area contributed by atoms with Gasteiger partial charge in [-0.2, -0.15) is 5.26 Å². The Balaban J connectivity index is 1.53. The predicted molar refractivity (Wildman–Crippen MR) is 106 cm³/mol. The second-order valence-electron chi connectivity index (χ2n) is 6.62. The fourth-order valence-corrected chi connectivity index (χ4v) is 4.60. The zero-order valence-corrected chi connectivity index (χ0v) is 15.9. The third-order valence-electron chi connectivity index (χ3n) is 5.02. The normalized spacial score (nSPS) is 13.8. The van der Waals surface area contributed by atoms with Crippen LogP contribution in [0.25, 0.3) is 27.5 Å². The quantitative estimate of drug-likeness (QED) is 0.509. The number of hydrogen-bond acceptors (Lipinski definition) is 7. The van der Waals surface area contributed by atoms with Gasteiger partial charge in [-0.05, 0) is 36.4 Å². The lowest BCUT2D eigenvalue weighted by Crippen LogP contribution is -1.95. The first kappa shape index (κ1) is 16.3. The Hall–Kier alpha value is -3.70. The Morgan fingerprint density at radius 3 is 2.31 bits per heavy atom. The lowest BCUT2D eigenvalue weighted by atomic mass is 10.1. The molecular formula is C21H13N3O4S. The molecule has 7 nitrogen and oxygen atoms in total. The molecule has 4 aromatic rings. The number of hydrogen-bond donors (Lipinski definition) is 0. The van der Waals surface area contributed by atoms with Crippen molar-refractivity contribution in [3.63, 3.8) is 0 Å². The fourth-order valence-electron chi connectivity index (χ4n) is 3.69. The maximum absolute atomic E-state index is 9.48. The van der Waals surface area contributed by atoms with Crippen molar-refractivity contribution in [2.24, 2.45) is 0 Å². The molecule has 8 heteroatoms. The van der Waals surface area contributed by atoms with Crippen molar-refractivity contribution in [1.82, 2.24) is 9.38 Å². The summed E-state index contributed by atoms with van der Waals surface area (Å²) in [5, 5.41) is 11.5. The Bertz CT molecular complexity index is 1320. The summed E-state index contributed by atoms with van der Waals surface area (Å²) >= 11 is 1.54. The van der Waals surface area contributed by atoms with Crippen molar-refractivity contribution >= 4 is 16.3 Å². The lowest BCUT2D eigenvalue weighted by Gasteiger charge is -2.06. The minimum atomic E-state index is 0.219. The van der Waals surface area contributed by atoms with Gasteiger partial charge in [-0.15, -0.1) is 11.3 Å². The molecule has 0 bridgehead atoms. The number of fused-ring (bicyclic) bond motifs is 3. The zero-order chi connectivity index (χ0) is 19.4. The molecule has 2 aliphatic rings. The number of imidazole rings is 1. The minimum absolute atomic E-state index is 0.219. The van der Waals surface area contributed by atoms with Gasteiger partial charge in [0, 0.05) is 16.5 Å². The summed E-state index contributed by atoms with van der Waals surface area (Å²) in [4.78, 5) is 5.65. The van der Waals surface area contributed by atoms with Gasteiger partial charge in [-0.25, -0.2) is 4.98 Å². The minimum Gasteiger partial charge on any atom is -0.454 e. The number of nitriles is 1. The smallest absolute Gasteiger partial charge is 0.231 e. The summed E-state index contributed by atoms with van der Waals surface area (Å²) in [6, 6.07) is 13.9. The lowest BCUT2D eigenvalue weighted by molar-refractivity contribution is 0.173. The van der Waals surface area contributed by atoms with Crippen LogP contribution in [0.15, 0.2) is 41.8 Å². The van der Waals surface area contributed by atoms with Crippen LogP contribution in [0.4, 0.5) is 0 Å². The average Bonchev–Trinajstić information content (AvgIpc) is 3.51. The van der Waals surface area contributed by atoms with E-state index >= 15 is 0 Å². The SMILES string of the molecule is N#CCc1c(-c2ccc3c(c2)OCO3)nc2scc(-c3ccc4c(c3)OCO4)n12. The van der Waals surface area contributed by atoms with Crippen LogP contribution in [0.1, 0.15) is 5.69 Å². The van der Waals surface area contributed by atoms with Gasteiger partial charge in [0.05, 0.1) is 29.6 Å². The van der Waals surface area contributed by atoms with Gasteiger partial charge in [0.1, 0.15) is 0 Å². The number of rotatable bonds is 3. The van der Waals surface area contributed by atoms with Gasteiger partial charge in [-0.3, -0.25) is 4.40 Å². The van der Waals surface area contributed by atoms with Gasteiger partial charge >= 0.3 is 0 Å². The first-order chi connectivity index (χ1) is 14.3. The van der Waals surface area contributed by atoms with Crippen LogP contribution in [0.3, 0.4) is 0 Å². The number of ether oxygens (including phenoxy) is 4. The maximum atomic E-state index is 9.48. The third kappa shape index (κ3) is 2.45. The predicted octanol–water partition coefficient (Wildman–Crippen LogP) is 4.25. The molecule has 0 amide bonds. The molecule has 0 unspecified atom stereocenters. The molecule has 2 aliphatic heterocycles. The largest absolute Gasteiger partial charge is 0.454 e. The van der Waals surface area contributed by atoms with Crippen LogP contribution in [-0.4, -0.2) is 23.0 Å². The van der Waals surface area contributed by atoms with E-state index in [0.717, 1.165) is 50.4 Å². The molecule has 2 aromatic heterocycles. The fraction of sp³-hybridized carbons (Fsp3) is 0.143. The Kier molecular flexibility index (Phi) is 3.45. The molecular weight excluding hydrogens is 390 g/mol. The summed E-state index contributed by atoms with van der Waals surface area (Å²) in [7, 11) is 0. The van der Waals surface area contributed by atoms with E-state index in [1.54, 1.807) is 0 Å². The van der Waals surface area contributed by atoms with Gasteiger partial charge in [0.15, 0.2) is 28.0 Å².